The highest BCUT2D eigenvalue weighted by molar-refractivity contribution is 6.00. The van der Waals surface area contributed by atoms with Crippen LogP contribution in [0.1, 0.15) is 79.4 Å². The highest BCUT2D eigenvalue weighted by atomic mass is 16.2. The van der Waals surface area contributed by atoms with Crippen LogP contribution >= 0.6 is 0 Å². The molecule has 0 unspecified atom stereocenters. The molecule has 3 heterocycles. The number of aromatic nitrogens is 1. The van der Waals surface area contributed by atoms with Gasteiger partial charge in [-0.15, -0.1) is 0 Å². The van der Waals surface area contributed by atoms with E-state index in [0.29, 0.717) is 23.6 Å². The first-order valence-electron chi connectivity index (χ1n) is 11.2. The van der Waals surface area contributed by atoms with E-state index < -0.39 is 5.91 Å². The molecule has 3 N–H and O–H groups in total. The molecule has 1 aromatic heterocycles. The van der Waals surface area contributed by atoms with Crippen LogP contribution in [0.4, 0.5) is 5.69 Å². The Morgan fingerprint density at radius 1 is 1.07 bits per heavy atom. The largest absolute Gasteiger partial charge is 0.381 e. The second kappa shape index (κ2) is 7.47. The van der Waals surface area contributed by atoms with Crippen LogP contribution in [0.25, 0.3) is 6.08 Å². The van der Waals surface area contributed by atoms with Gasteiger partial charge in [0.2, 0.25) is 5.91 Å². The summed E-state index contributed by atoms with van der Waals surface area (Å²) in [6, 6.07) is 0.896. The summed E-state index contributed by atoms with van der Waals surface area (Å²) in [7, 11) is 0. The van der Waals surface area contributed by atoms with Gasteiger partial charge < -0.3 is 16.0 Å². The zero-order valence-corrected chi connectivity index (χ0v) is 16.9. The monoisotopic (exact) mass is 394 g/mol. The van der Waals surface area contributed by atoms with Gasteiger partial charge in [0.25, 0.3) is 5.91 Å². The summed E-state index contributed by atoms with van der Waals surface area (Å²) in [5.74, 6) is 0.198. The Morgan fingerprint density at radius 2 is 1.79 bits per heavy atom. The van der Waals surface area contributed by atoms with E-state index >= 15 is 0 Å². The molecule has 2 aliphatic heterocycles. The number of piperidine rings is 1. The SMILES string of the molecule is NC(=O)c1cnc2c(c1NC1C[C@@H]3CC[C@@H](C1)N3C(=O)C1CCCCC1)C=CC2. The number of rotatable bonds is 4. The zero-order valence-electron chi connectivity index (χ0n) is 16.9. The van der Waals surface area contributed by atoms with Crippen LogP contribution in [0.15, 0.2) is 12.3 Å². The average molecular weight is 395 g/mol. The van der Waals surface area contributed by atoms with E-state index in [-0.39, 0.29) is 12.0 Å². The third-order valence-corrected chi connectivity index (χ3v) is 7.35. The molecule has 2 amide bonds. The molecule has 2 aliphatic carbocycles. The first kappa shape index (κ1) is 18.6. The second-order valence-corrected chi connectivity index (χ2v) is 9.16. The van der Waals surface area contributed by atoms with E-state index in [2.05, 4.69) is 21.3 Å². The minimum atomic E-state index is -0.448. The summed E-state index contributed by atoms with van der Waals surface area (Å²) < 4.78 is 0. The summed E-state index contributed by atoms with van der Waals surface area (Å²) in [6.07, 6.45) is 16.4. The summed E-state index contributed by atoms with van der Waals surface area (Å²) in [5.41, 5.74) is 8.90. The summed E-state index contributed by atoms with van der Waals surface area (Å²) in [4.78, 5) is 31.8. The van der Waals surface area contributed by atoms with Crippen LogP contribution in [0, 0.1) is 5.92 Å². The van der Waals surface area contributed by atoms with Gasteiger partial charge in [0.15, 0.2) is 0 Å². The van der Waals surface area contributed by atoms with Gasteiger partial charge in [0.05, 0.1) is 16.9 Å². The lowest BCUT2D eigenvalue weighted by Crippen LogP contribution is -2.51. The smallest absolute Gasteiger partial charge is 0.252 e. The number of nitrogens with two attached hydrogens (primary N) is 1. The second-order valence-electron chi connectivity index (χ2n) is 9.16. The molecule has 1 aromatic rings. The molecule has 5 rings (SSSR count). The molecule has 0 aromatic carbocycles. The normalized spacial score (nSPS) is 28.4. The van der Waals surface area contributed by atoms with E-state index in [4.69, 9.17) is 5.73 Å². The lowest BCUT2D eigenvalue weighted by atomic mass is 9.86. The molecule has 154 valence electrons. The van der Waals surface area contributed by atoms with Crippen LogP contribution in [-0.2, 0) is 11.2 Å². The van der Waals surface area contributed by atoms with Crippen LogP contribution in [0.3, 0.4) is 0 Å². The van der Waals surface area contributed by atoms with Crippen LogP contribution in [0.2, 0.25) is 0 Å². The summed E-state index contributed by atoms with van der Waals surface area (Å²) >= 11 is 0. The number of anilines is 1. The Bertz CT molecular complexity index is 845. The molecule has 0 spiro atoms. The van der Waals surface area contributed by atoms with E-state index in [0.717, 1.165) is 61.9 Å². The quantitative estimate of drug-likeness (QED) is 0.820. The van der Waals surface area contributed by atoms with Gasteiger partial charge in [-0.2, -0.15) is 0 Å². The van der Waals surface area contributed by atoms with Crippen molar-refractivity contribution in [3.8, 4) is 0 Å². The lowest BCUT2D eigenvalue weighted by Gasteiger charge is -2.42. The molecule has 6 heteroatoms. The third kappa shape index (κ3) is 3.32. The highest BCUT2D eigenvalue weighted by Crippen LogP contribution is 2.40. The topological polar surface area (TPSA) is 88.3 Å². The van der Waals surface area contributed by atoms with Gasteiger partial charge in [-0.1, -0.05) is 31.4 Å². The Morgan fingerprint density at radius 3 is 2.48 bits per heavy atom. The number of carbonyl (C=O) groups excluding carboxylic acids is 2. The van der Waals surface area contributed by atoms with Crippen LogP contribution in [0.5, 0.6) is 0 Å². The fourth-order valence-corrected chi connectivity index (χ4v) is 5.96. The number of nitrogens with zero attached hydrogens (tertiary/aromatic N) is 2. The number of hydrogen-bond acceptors (Lipinski definition) is 4. The van der Waals surface area contributed by atoms with Crippen molar-refractivity contribution in [2.24, 2.45) is 11.7 Å². The number of pyridine rings is 1. The Balaban J connectivity index is 1.34. The fourth-order valence-electron chi connectivity index (χ4n) is 5.96. The molecule has 6 nitrogen and oxygen atoms in total. The Labute approximate surface area is 171 Å². The number of primary amides is 1. The molecule has 3 fully saturated rings. The maximum atomic E-state index is 13.2. The fraction of sp³-hybridized carbons (Fsp3) is 0.609. The number of fused-ring (bicyclic) bond motifs is 3. The minimum absolute atomic E-state index is 0.242. The van der Waals surface area contributed by atoms with E-state index in [1.807, 2.05) is 6.08 Å². The van der Waals surface area contributed by atoms with Crippen molar-refractivity contribution in [1.29, 1.82) is 0 Å². The number of carbonyl (C=O) groups is 2. The minimum Gasteiger partial charge on any atom is -0.381 e. The zero-order chi connectivity index (χ0) is 20.0. The van der Waals surface area contributed by atoms with Crippen molar-refractivity contribution in [3.05, 3.63) is 29.1 Å². The maximum Gasteiger partial charge on any atom is 0.252 e. The molecular weight excluding hydrogens is 364 g/mol. The molecule has 29 heavy (non-hydrogen) atoms. The van der Waals surface area contributed by atoms with Gasteiger partial charge in [-0.25, -0.2) is 0 Å². The van der Waals surface area contributed by atoms with Crippen molar-refractivity contribution in [3.63, 3.8) is 0 Å². The van der Waals surface area contributed by atoms with Gasteiger partial charge >= 0.3 is 0 Å². The van der Waals surface area contributed by atoms with Crippen molar-refractivity contribution < 1.29 is 9.59 Å². The molecule has 1 saturated carbocycles. The van der Waals surface area contributed by atoms with Crippen LogP contribution in [-0.4, -0.2) is 39.8 Å². The van der Waals surface area contributed by atoms with Gasteiger partial charge in [0.1, 0.15) is 0 Å². The Hall–Kier alpha value is -2.37. The van der Waals surface area contributed by atoms with E-state index in [1.54, 1.807) is 6.20 Å². The highest BCUT2D eigenvalue weighted by Gasteiger charge is 2.45. The van der Waals surface area contributed by atoms with Crippen molar-refractivity contribution in [1.82, 2.24) is 9.88 Å². The predicted molar refractivity (Wildman–Crippen MR) is 112 cm³/mol. The number of hydrogen-bond donors (Lipinski definition) is 2. The molecule has 2 bridgehead atoms. The van der Waals surface area contributed by atoms with Gasteiger partial charge in [-0.3, -0.25) is 14.6 Å². The van der Waals surface area contributed by atoms with Crippen LogP contribution < -0.4 is 11.1 Å². The first-order valence-corrected chi connectivity index (χ1v) is 11.2. The van der Waals surface area contributed by atoms with Gasteiger partial charge in [0, 0.05) is 42.2 Å². The Kier molecular flexibility index (Phi) is 4.80. The molecule has 0 radical (unpaired) electrons. The number of amides is 2. The first-order chi connectivity index (χ1) is 14.1. The molecule has 2 saturated heterocycles. The van der Waals surface area contributed by atoms with Gasteiger partial charge in [-0.05, 0) is 38.5 Å². The van der Waals surface area contributed by atoms with Crippen molar-refractivity contribution >= 4 is 23.6 Å². The van der Waals surface area contributed by atoms with Crippen molar-refractivity contribution in [2.45, 2.75) is 82.3 Å². The predicted octanol–water partition coefficient (Wildman–Crippen LogP) is 3.26. The van der Waals surface area contributed by atoms with Crippen molar-refractivity contribution in [2.75, 3.05) is 5.32 Å². The standard InChI is InChI=1S/C23H30N4O2/c24-22(28)19-13-25-20-8-4-7-18(20)21(19)26-15-11-16-9-10-17(12-15)27(16)23(29)14-5-2-1-3-6-14/h4,7,13-17H,1-3,5-6,8-12H2,(H2,24,28)(H,25,26)/t16-,17-/m0/s1. The number of allylic oxidation sites excluding steroid dienone is 1. The molecule has 2 atom stereocenters. The summed E-state index contributed by atoms with van der Waals surface area (Å²) in [5, 5.41) is 3.64. The lowest BCUT2D eigenvalue weighted by molar-refractivity contribution is -0.141. The molecule has 4 aliphatic rings. The third-order valence-electron chi connectivity index (χ3n) is 7.35. The van der Waals surface area contributed by atoms with E-state index in [9.17, 15) is 9.59 Å². The molecular formula is C23H30N4O2. The summed E-state index contributed by atoms with van der Waals surface area (Å²) in [6.45, 7) is 0. The van der Waals surface area contributed by atoms with E-state index in [1.165, 1.54) is 19.3 Å². The maximum absolute atomic E-state index is 13.2. The number of nitrogens with one attached hydrogen (secondary N) is 1. The average Bonchev–Trinajstić information content (AvgIpc) is 3.31.